The lowest BCUT2D eigenvalue weighted by Gasteiger charge is -2.08. The molecule has 0 saturated heterocycles. The van der Waals surface area contributed by atoms with E-state index < -0.39 is 30.7 Å². The van der Waals surface area contributed by atoms with Gasteiger partial charge >= 0.3 is 12.6 Å². The zero-order valence-electron chi connectivity index (χ0n) is 11.9. The Morgan fingerprint density at radius 1 is 1.33 bits per heavy atom. The van der Waals surface area contributed by atoms with Crippen LogP contribution in [0.1, 0.15) is 0 Å². The van der Waals surface area contributed by atoms with Gasteiger partial charge in [0.15, 0.2) is 17.2 Å². The molecule has 1 aromatic carbocycles. The minimum absolute atomic E-state index is 0.204. The quantitative estimate of drug-likeness (QED) is 0.768. The molecule has 0 aliphatic rings. The summed E-state index contributed by atoms with van der Waals surface area (Å²) in [6.45, 7) is -3.58. The lowest BCUT2D eigenvalue weighted by Crippen LogP contribution is -2.10. The van der Waals surface area contributed by atoms with Gasteiger partial charge in [0.1, 0.15) is 12.1 Å². The number of hydrogen-bond acceptors (Lipinski definition) is 5. The van der Waals surface area contributed by atoms with Crippen molar-refractivity contribution in [1.29, 1.82) is 0 Å². The number of ether oxygens (including phenoxy) is 1. The topological polar surface area (TPSA) is 90.1 Å². The first-order chi connectivity index (χ1) is 11.4. The maximum atomic E-state index is 13.5. The van der Waals surface area contributed by atoms with Gasteiger partial charge in [0, 0.05) is 5.56 Å². The van der Waals surface area contributed by atoms with Crippen LogP contribution in [0.5, 0.6) is 5.75 Å². The number of carbonyl (C=O) groups is 1. The Kier molecular flexibility index (Phi) is 4.02. The number of carboxylic acid groups (broad SMARTS) is 1. The highest BCUT2D eigenvalue weighted by molar-refractivity contribution is 5.76. The molecule has 124 valence electrons. The van der Waals surface area contributed by atoms with Gasteiger partial charge in [-0.2, -0.15) is 13.9 Å². The zero-order chi connectivity index (χ0) is 17.3. The second kappa shape index (κ2) is 6.14. The molecule has 7 nitrogen and oxygen atoms in total. The molecule has 1 N–H and O–H groups in total. The summed E-state index contributed by atoms with van der Waals surface area (Å²) < 4.78 is 43.3. The molecule has 2 heterocycles. The number of aromatic nitrogens is 4. The zero-order valence-corrected chi connectivity index (χ0v) is 11.9. The Morgan fingerprint density at radius 3 is 2.83 bits per heavy atom. The normalized spacial score (nSPS) is 11.2. The molecule has 0 aliphatic carbocycles. The molecule has 0 aliphatic heterocycles. The SMILES string of the molecule is O=C(O)Cn1ncc2ncc(-c3ccc(F)c(OC(F)F)c3)nc21. The van der Waals surface area contributed by atoms with Gasteiger partial charge in [-0.05, 0) is 18.2 Å². The smallest absolute Gasteiger partial charge is 0.387 e. The van der Waals surface area contributed by atoms with Crippen molar-refractivity contribution in [2.24, 2.45) is 0 Å². The molecule has 0 saturated carbocycles. The van der Waals surface area contributed by atoms with E-state index in [4.69, 9.17) is 5.11 Å². The Bertz CT molecular complexity index is 913. The summed E-state index contributed by atoms with van der Waals surface area (Å²) in [5.74, 6) is -2.67. The number of halogens is 3. The molecule has 2 aromatic heterocycles. The Labute approximate surface area is 132 Å². The van der Waals surface area contributed by atoms with E-state index in [-0.39, 0.29) is 16.9 Å². The van der Waals surface area contributed by atoms with Gasteiger partial charge in [0.05, 0.1) is 18.1 Å². The summed E-state index contributed by atoms with van der Waals surface area (Å²) in [4.78, 5) is 19.1. The maximum absolute atomic E-state index is 13.5. The van der Waals surface area contributed by atoms with Crippen LogP contribution in [0.2, 0.25) is 0 Å². The van der Waals surface area contributed by atoms with Crippen molar-refractivity contribution in [3.05, 3.63) is 36.4 Å². The molecule has 0 atom stereocenters. The highest BCUT2D eigenvalue weighted by Crippen LogP contribution is 2.27. The maximum Gasteiger partial charge on any atom is 0.387 e. The van der Waals surface area contributed by atoms with Crippen LogP contribution in [0.25, 0.3) is 22.4 Å². The van der Waals surface area contributed by atoms with Crippen LogP contribution in [0, 0.1) is 5.82 Å². The number of nitrogens with zero attached hydrogens (tertiary/aromatic N) is 4. The van der Waals surface area contributed by atoms with Crippen molar-refractivity contribution < 1.29 is 27.8 Å². The van der Waals surface area contributed by atoms with Gasteiger partial charge in [-0.15, -0.1) is 0 Å². The van der Waals surface area contributed by atoms with Gasteiger partial charge in [-0.25, -0.2) is 19.0 Å². The lowest BCUT2D eigenvalue weighted by molar-refractivity contribution is -0.137. The fourth-order valence-electron chi connectivity index (χ4n) is 2.08. The predicted octanol–water partition coefficient (Wildman–Crippen LogP) is 2.32. The van der Waals surface area contributed by atoms with Crippen LogP contribution in [0.3, 0.4) is 0 Å². The van der Waals surface area contributed by atoms with E-state index in [0.717, 1.165) is 16.8 Å². The summed E-state index contributed by atoms with van der Waals surface area (Å²) in [7, 11) is 0. The van der Waals surface area contributed by atoms with Crippen LogP contribution in [0.15, 0.2) is 30.6 Å². The minimum atomic E-state index is -3.17. The largest absolute Gasteiger partial charge is 0.480 e. The molecule has 0 unspecified atom stereocenters. The van der Waals surface area contributed by atoms with E-state index in [0.29, 0.717) is 5.52 Å². The molecule has 0 radical (unpaired) electrons. The third-order valence-corrected chi connectivity index (χ3v) is 3.07. The first-order valence-electron chi connectivity index (χ1n) is 6.59. The highest BCUT2D eigenvalue weighted by Gasteiger charge is 2.14. The Morgan fingerprint density at radius 2 is 2.12 bits per heavy atom. The fraction of sp³-hybridized carbons (Fsp3) is 0.143. The van der Waals surface area contributed by atoms with Crippen LogP contribution in [-0.4, -0.2) is 37.4 Å². The number of carboxylic acids is 1. The van der Waals surface area contributed by atoms with Gasteiger partial charge in [0.25, 0.3) is 0 Å². The Balaban J connectivity index is 2.04. The second-order valence-electron chi connectivity index (χ2n) is 4.68. The van der Waals surface area contributed by atoms with E-state index in [1.165, 1.54) is 18.5 Å². The Hall–Kier alpha value is -3.17. The molecular weight excluding hydrogens is 329 g/mol. The summed E-state index contributed by atoms with van der Waals surface area (Å²) in [5.41, 5.74) is 1.08. The summed E-state index contributed by atoms with van der Waals surface area (Å²) in [5, 5.41) is 12.7. The van der Waals surface area contributed by atoms with Crippen molar-refractivity contribution in [2.75, 3.05) is 0 Å². The molecule has 0 fully saturated rings. The van der Waals surface area contributed by atoms with Gasteiger partial charge < -0.3 is 9.84 Å². The van der Waals surface area contributed by atoms with E-state index >= 15 is 0 Å². The first kappa shape index (κ1) is 15.7. The molecule has 0 bridgehead atoms. The standard InChI is InChI=1S/C14H9F3N4O3/c15-8-2-1-7(3-11(8)24-14(16)17)9-4-18-10-5-19-21(6-12(22)23)13(10)20-9/h1-5,14H,6H2,(H,22,23). The molecule has 10 heteroatoms. The fourth-order valence-corrected chi connectivity index (χ4v) is 2.08. The van der Waals surface area contributed by atoms with E-state index in [1.807, 2.05) is 0 Å². The number of rotatable bonds is 5. The van der Waals surface area contributed by atoms with Crippen molar-refractivity contribution in [2.45, 2.75) is 13.2 Å². The monoisotopic (exact) mass is 338 g/mol. The molecule has 24 heavy (non-hydrogen) atoms. The van der Waals surface area contributed by atoms with Gasteiger partial charge in [-0.3, -0.25) is 4.79 Å². The van der Waals surface area contributed by atoms with E-state index in [1.54, 1.807) is 0 Å². The van der Waals surface area contributed by atoms with Crippen molar-refractivity contribution >= 4 is 17.1 Å². The molecular formula is C14H9F3N4O3. The van der Waals surface area contributed by atoms with Crippen molar-refractivity contribution in [3.8, 4) is 17.0 Å². The highest BCUT2D eigenvalue weighted by atomic mass is 19.3. The third-order valence-electron chi connectivity index (χ3n) is 3.07. The third kappa shape index (κ3) is 3.12. The number of benzene rings is 1. The number of aliphatic carboxylic acids is 1. The van der Waals surface area contributed by atoms with Crippen LogP contribution in [-0.2, 0) is 11.3 Å². The number of fused-ring (bicyclic) bond motifs is 1. The summed E-state index contributed by atoms with van der Waals surface area (Å²) >= 11 is 0. The molecule has 0 spiro atoms. The number of hydrogen-bond donors (Lipinski definition) is 1. The van der Waals surface area contributed by atoms with Gasteiger partial charge in [-0.1, -0.05) is 0 Å². The van der Waals surface area contributed by atoms with E-state index in [9.17, 15) is 18.0 Å². The lowest BCUT2D eigenvalue weighted by atomic mass is 10.1. The first-order valence-corrected chi connectivity index (χ1v) is 6.59. The predicted molar refractivity (Wildman–Crippen MR) is 75.0 cm³/mol. The number of alkyl halides is 2. The van der Waals surface area contributed by atoms with Crippen molar-refractivity contribution in [3.63, 3.8) is 0 Å². The molecule has 3 aromatic rings. The average molecular weight is 338 g/mol. The van der Waals surface area contributed by atoms with E-state index in [2.05, 4.69) is 19.8 Å². The molecule has 3 rings (SSSR count). The van der Waals surface area contributed by atoms with Gasteiger partial charge in [0.2, 0.25) is 0 Å². The molecule has 0 amide bonds. The minimum Gasteiger partial charge on any atom is -0.480 e. The second-order valence-corrected chi connectivity index (χ2v) is 4.68. The summed E-state index contributed by atoms with van der Waals surface area (Å²) in [6, 6.07) is 3.35. The van der Waals surface area contributed by atoms with Crippen molar-refractivity contribution in [1.82, 2.24) is 19.7 Å². The average Bonchev–Trinajstić information content (AvgIpc) is 2.91. The van der Waals surface area contributed by atoms with Crippen LogP contribution >= 0.6 is 0 Å². The van der Waals surface area contributed by atoms with Crippen LogP contribution in [0.4, 0.5) is 13.2 Å². The summed E-state index contributed by atoms with van der Waals surface area (Å²) in [6.07, 6.45) is 2.69. The van der Waals surface area contributed by atoms with Crippen LogP contribution < -0.4 is 4.74 Å².